The number of nitrogens with one attached hydrogen (secondary N) is 1. The number of allylic oxidation sites excluding steroid dienone is 2. The van der Waals surface area contributed by atoms with Crippen molar-refractivity contribution in [1.29, 1.82) is 0 Å². The molecule has 1 fully saturated rings. The number of esters is 1. The Bertz CT molecular complexity index is 1170. The summed E-state index contributed by atoms with van der Waals surface area (Å²) in [7, 11) is 0. The summed E-state index contributed by atoms with van der Waals surface area (Å²) in [4.78, 5) is 53.0. The van der Waals surface area contributed by atoms with Crippen LogP contribution in [0, 0.1) is 18.8 Å². The van der Waals surface area contributed by atoms with E-state index in [2.05, 4.69) is 21.2 Å². The highest BCUT2D eigenvalue weighted by molar-refractivity contribution is 9.10. The lowest BCUT2D eigenvalue weighted by atomic mass is 9.85. The first kappa shape index (κ1) is 25.1. The maximum Gasteiger partial charge on any atom is 0.330 e. The summed E-state index contributed by atoms with van der Waals surface area (Å²) < 4.78 is 6.01. The molecule has 2 aromatic rings. The number of aryl methyl sites for hydroxylation is 1. The minimum absolute atomic E-state index is 0.104. The predicted molar refractivity (Wildman–Crippen MR) is 135 cm³/mol. The number of imide groups is 1. The molecule has 0 bridgehead atoms. The minimum Gasteiger partial charge on any atom is -0.454 e. The lowest BCUT2D eigenvalue weighted by Crippen LogP contribution is -2.48. The largest absolute Gasteiger partial charge is 0.454 e. The number of rotatable bonds is 7. The zero-order chi connectivity index (χ0) is 25.1. The number of fused-ring (bicyclic) bond motifs is 1. The second-order valence-corrected chi connectivity index (χ2v) is 9.91. The topological polar surface area (TPSA) is 92.8 Å². The number of carbonyl (C=O) groups excluding carboxylic acids is 4. The summed E-state index contributed by atoms with van der Waals surface area (Å²) in [5.74, 6) is -3.03. The zero-order valence-corrected chi connectivity index (χ0v) is 21.3. The molecule has 3 atom stereocenters. The molecule has 1 N–H and O–H groups in total. The van der Waals surface area contributed by atoms with Crippen molar-refractivity contribution in [2.24, 2.45) is 11.8 Å². The van der Waals surface area contributed by atoms with Crippen molar-refractivity contribution in [1.82, 2.24) is 4.90 Å². The quantitative estimate of drug-likeness (QED) is 0.307. The van der Waals surface area contributed by atoms with E-state index >= 15 is 0 Å². The van der Waals surface area contributed by atoms with Gasteiger partial charge in [-0.05, 0) is 59.0 Å². The van der Waals surface area contributed by atoms with Crippen LogP contribution in [0.25, 0.3) is 0 Å². The van der Waals surface area contributed by atoms with Crippen molar-refractivity contribution in [3.05, 3.63) is 75.2 Å². The van der Waals surface area contributed by atoms with Gasteiger partial charge < -0.3 is 10.1 Å². The summed E-state index contributed by atoms with van der Waals surface area (Å²) in [6, 6.07) is 11.3. The van der Waals surface area contributed by atoms with Crippen molar-refractivity contribution in [2.45, 2.75) is 32.2 Å². The number of ether oxygens (including phenoxy) is 1. The fourth-order valence-corrected chi connectivity index (χ4v) is 5.07. The third kappa shape index (κ3) is 5.49. The Hall–Kier alpha value is -2.97. The second-order valence-electron chi connectivity index (χ2n) is 8.64. The van der Waals surface area contributed by atoms with Crippen molar-refractivity contribution in [3.63, 3.8) is 0 Å². The van der Waals surface area contributed by atoms with E-state index in [4.69, 9.17) is 16.3 Å². The molecule has 35 heavy (non-hydrogen) atoms. The molecule has 9 heteroatoms. The van der Waals surface area contributed by atoms with Gasteiger partial charge in [0.1, 0.15) is 6.04 Å². The smallest absolute Gasteiger partial charge is 0.330 e. The van der Waals surface area contributed by atoms with Gasteiger partial charge in [-0.25, -0.2) is 4.79 Å². The van der Waals surface area contributed by atoms with Crippen LogP contribution in [0.1, 0.15) is 24.0 Å². The van der Waals surface area contributed by atoms with Crippen LogP contribution in [-0.4, -0.2) is 41.2 Å². The van der Waals surface area contributed by atoms with Gasteiger partial charge in [-0.1, -0.05) is 54.1 Å². The molecule has 1 aliphatic carbocycles. The number of halogens is 2. The molecule has 1 saturated heterocycles. The van der Waals surface area contributed by atoms with E-state index in [0.717, 1.165) is 16.0 Å². The number of carbonyl (C=O) groups is 4. The monoisotopic (exact) mass is 558 g/mol. The van der Waals surface area contributed by atoms with Crippen LogP contribution in [0.15, 0.2) is 59.1 Å². The Balaban J connectivity index is 1.49. The Morgan fingerprint density at radius 2 is 1.74 bits per heavy atom. The first-order chi connectivity index (χ1) is 16.8. The van der Waals surface area contributed by atoms with Crippen molar-refractivity contribution >= 4 is 56.9 Å². The first-order valence-corrected chi connectivity index (χ1v) is 12.4. The molecule has 2 aromatic carbocycles. The normalized spacial score (nSPS) is 19.9. The van der Waals surface area contributed by atoms with Gasteiger partial charge >= 0.3 is 5.97 Å². The molecule has 0 unspecified atom stereocenters. The first-order valence-electron chi connectivity index (χ1n) is 11.2. The average Bonchev–Trinajstić information content (AvgIpc) is 3.10. The van der Waals surface area contributed by atoms with Crippen molar-refractivity contribution in [3.8, 4) is 0 Å². The highest BCUT2D eigenvalue weighted by Crippen LogP contribution is 2.37. The van der Waals surface area contributed by atoms with Crippen LogP contribution in [0.4, 0.5) is 5.69 Å². The van der Waals surface area contributed by atoms with E-state index in [-0.39, 0.29) is 18.2 Å². The number of hydrogen-bond acceptors (Lipinski definition) is 5. The van der Waals surface area contributed by atoms with Gasteiger partial charge in [-0.3, -0.25) is 19.3 Å². The highest BCUT2D eigenvalue weighted by atomic mass is 79.9. The van der Waals surface area contributed by atoms with Gasteiger partial charge in [0.2, 0.25) is 11.8 Å². The second kappa shape index (κ2) is 10.7. The van der Waals surface area contributed by atoms with E-state index in [1.165, 1.54) is 0 Å². The number of benzene rings is 2. The van der Waals surface area contributed by atoms with Gasteiger partial charge in [0.05, 0.1) is 16.9 Å². The summed E-state index contributed by atoms with van der Waals surface area (Å²) in [6.07, 6.45) is 4.82. The van der Waals surface area contributed by atoms with Gasteiger partial charge in [0.15, 0.2) is 6.61 Å². The van der Waals surface area contributed by atoms with Crippen LogP contribution in [0.5, 0.6) is 0 Å². The SMILES string of the molecule is Cc1cc(Br)c(Cl)cc1NC(=O)COC(=O)[C@H](Cc1ccccc1)N1C(=O)[C@H]2CC=CC[C@@H]2C1=O. The molecule has 182 valence electrons. The third-order valence-corrected chi connectivity index (χ3v) is 7.48. The zero-order valence-electron chi connectivity index (χ0n) is 19.0. The molecule has 1 heterocycles. The Morgan fingerprint density at radius 3 is 2.37 bits per heavy atom. The van der Waals surface area contributed by atoms with Crippen molar-refractivity contribution < 1.29 is 23.9 Å². The predicted octanol–water partition coefficient (Wildman–Crippen LogP) is 4.46. The molecular weight excluding hydrogens is 536 g/mol. The number of anilines is 1. The fourth-order valence-electron chi connectivity index (χ4n) is 4.45. The molecule has 0 saturated carbocycles. The molecule has 1 aliphatic heterocycles. The minimum atomic E-state index is -1.15. The number of nitrogens with zero attached hydrogens (tertiary/aromatic N) is 1. The lowest BCUT2D eigenvalue weighted by molar-refractivity contribution is -0.159. The standard InChI is InChI=1S/C26H24BrClN2O5/c1-15-11-19(27)20(28)13-21(15)29-23(31)14-35-26(34)22(12-16-7-3-2-4-8-16)30-24(32)17-9-5-6-10-18(17)25(30)33/h2-8,11,13,17-18,22H,9-10,12,14H2,1H3,(H,29,31)/t17-,18-,22-/m0/s1. The van der Waals surface area contributed by atoms with E-state index in [1.807, 2.05) is 42.5 Å². The Kier molecular flexibility index (Phi) is 7.72. The molecule has 3 amide bonds. The summed E-state index contributed by atoms with van der Waals surface area (Å²) in [6.45, 7) is 1.24. The summed E-state index contributed by atoms with van der Waals surface area (Å²) in [5.41, 5.74) is 2.03. The molecular formula is C26H24BrClN2O5. The van der Waals surface area contributed by atoms with Crippen LogP contribution >= 0.6 is 27.5 Å². The van der Waals surface area contributed by atoms with Gasteiger partial charge in [-0.15, -0.1) is 0 Å². The molecule has 7 nitrogen and oxygen atoms in total. The Labute approximate surface area is 216 Å². The summed E-state index contributed by atoms with van der Waals surface area (Å²) in [5, 5.41) is 3.10. The van der Waals surface area contributed by atoms with E-state index < -0.39 is 36.4 Å². The number of hydrogen-bond donors (Lipinski definition) is 1. The van der Waals surface area contributed by atoms with E-state index in [0.29, 0.717) is 28.0 Å². The summed E-state index contributed by atoms with van der Waals surface area (Å²) >= 11 is 9.44. The molecule has 0 aromatic heterocycles. The average molecular weight is 560 g/mol. The Morgan fingerprint density at radius 1 is 1.11 bits per heavy atom. The van der Waals surface area contributed by atoms with Crippen LogP contribution in [0.2, 0.25) is 5.02 Å². The highest BCUT2D eigenvalue weighted by Gasteiger charge is 2.51. The molecule has 0 spiro atoms. The van der Waals surface area contributed by atoms with Crippen LogP contribution in [-0.2, 0) is 30.3 Å². The molecule has 4 rings (SSSR count). The number of likely N-dealkylation sites (tertiary alicyclic amines) is 1. The number of amides is 3. The van der Waals surface area contributed by atoms with Crippen LogP contribution < -0.4 is 5.32 Å². The van der Waals surface area contributed by atoms with Gasteiger partial charge in [0.25, 0.3) is 5.91 Å². The third-order valence-electron chi connectivity index (χ3n) is 6.28. The van der Waals surface area contributed by atoms with Crippen LogP contribution in [0.3, 0.4) is 0 Å². The molecule has 2 aliphatic rings. The van der Waals surface area contributed by atoms with Gasteiger partial charge in [-0.2, -0.15) is 0 Å². The molecule has 0 radical (unpaired) electrons. The maximum atomic E-state index is 13.2. The van der Waals surface area contributed by atoms with E-state index in [1.54, 1.807) is 19.1 Å². The fraction of sp³-hybridized carbons (Fsp3) is 0.308. The maximum absolute atomic E-state index is 13.2. The lowest BCUT2D eigenvalue weighted by Gasteiger charge is -2.25. The van der Waals surface area contributed by atoms with E-state index in [9.17, 15) is 19.2 Å². The van der Waals surface area contributed by atoms with Gasteiger partial charge in [0, 0.05) is 16.6 Å². The van der Waals surface area contributed by atoms with Crippen molar-refractivity contribution in [2.75, 3.05) is 11.9 Å².